The highest BCUT2D eigenvalue weighted by atomic mass is 35.5. The fourth-order valence-corrected chi connectivity index (χ4v) is 6.24. The van der Waals surface area contributed by atoms with Gasteiger partial charge in [-0.25, -0.2) is 0 Å². The van der Waals surface area contributed by atoms with E-state index in [0.29, 0.717) is 29.2 Å². The van der Waals surface area contributed by atoms with E-state index in [0.717, 1.165) is 11.1 Å². The van der Waals surface area contributed by atoms with Crippen molar-refractivity contribution in [3.05, 3.63) is 146 Å². The van der Waals surface area contributed by atoms with Crippen molar-refractivity contribution in [1.82, 2.24) is 4.90 Å². The molecule has 0 saturated heterocycles. The summed E-state index contributed by atoms with van der Waals surface area (Å²) in [7, 11) is 0. The molecule has 4 aromatic carbocycles. The molecule has 1 spiro atoms. The molecule has 2 amide bonds. The lowest BCUT2D eigenvalue weighted by Gasteiger charge is -2.34. The van der Waals surface area contributed by atoms with E-state index in [2.05, 4.69) is 0 Å². The van der Waals surface area contributed by atoms with Crippen molar-refractivity contribution in [3.63, 3.8) is 0 Å². The van der Waals surface area contributed by atoms with Crippen LogP contribution in [-0.4, -0.2) is 23.3 Å². The van der Waals surface area contributed by atoms with Crippen LogP contribution >= 0.6 is 11.6 Å². The maximum absolute atomic E-state index is 14.8. The number of hydrogen-bond acceptors (Lipinski definition) is 4. The van der Waals surface area contributed by atoms with E-state index in [4.69, 9.17) is 16.0 Å². The molecule has 0 fully saturated rings. The van der Waals surface area contributed by atoms with Gasteiger partial charge in [-0.05, 0) is 41.8 Å². The SMILES string of the molecule is O=C1c2oc3ccc(Cl)cc3c(=O)c2C2(C(=O)N(Cc3ccccc3)c3ccccc32)N1CCc1ccccc1. The van der Waals surface area contributed by atoms with Crippen LogP contribution in [0.1, 0.15) is 32.8 Å². The van der Waals surface area contributed by atoms with Gasteiger partial charge in [0, 0.05) is 17.1 Å². The van der Waals surface area contributed by atoms with Gasteiger partial charge in [-0.2, -0.15) is 0 Å². The number of nitrogens with zero attached hydrogens (tertiary/aromatic N) is 2. The molecule has 0 radical (unpaired) electrons. The Kier molecular flexibility index (Phi) is 5.61. The third kappa shape index (κ3) is 3.46. The molecule has 3 heterocycles. The first-order valence-electron chi connectivity index (χ1n) is 13.1. The van der Waals surface area contributed by atoms with Crippen LogP contribution in [0.4, 0.5) is 5.69 Å². The molecule has 0 saturated carbocycles. The Hall–Kier alpha value is -4.68. The van der Waals surface area contributed by atoms with Crippen molar-refractivity contribution in [2.45, 2.75) is 18.5 Å². The van der Waals surface area contributed by atoms with E-state index in [1.54, 1.807) is 17.0 Å². The Balaban J connectivity index is 1.48. The number of fused-ring (bicyclic) bond motifs is 5. The van der Waals surface area contributed by atoms with E-state index in [-0.39, 0.29) is 34.7 Å². The Morgan fingerprint density at radius 1 is 0.775 bits per heavy atom. The minimum Gasteiger partial charge on any atom is -0.450 e. The van der Waals surface area contributed by atoms with Crippen LogP contribution in [0.15, 0.2) is 112 Å². The Morgan fingerprint density at radius 2 is 1.45 bits per heavy atom. The van der Waals surface area contributed by atoms with E-state index in [9.17, 15) is 14.4 Å². The number of amides is 2. The lowest BCUT2D eigenvalue weighted by Crippen LogP contribution is -2.53. The fraction of sp³-hybridized carbons (Fsp3) is 0.121. The summed E-state index contributed by atoms with van der Waals surface area (Å²) >= 11 is 6.26. The first kappa shape index (κ1) is 24.4. The van der Waals surface area contributed by atoms with Gasteiger partial charge in [-0.15, -0.1) is 0 Å². The zero-order valence-corrected chi connectivity index (χ0v) is 22.1. The quantitative estimate of drug-likeness (QED) is 0.274. The van der Waals surface area contributed by atoms with Crippen molar-refractivity contribution in [2.75, 3.05) is 11.4 Å². The van der Waals surface area contributed by atoms with Gasteiger partial charge >= 0.3 is 0 Å². The highest BCUT2D eigenvalue weighted by Crippen LogP contribution is 2.53. The fourth-order valence-electron chi connectivity index (χ4n) is 6.07. The molecular formula is C33H23ClN2O4. The lowest BCUT2D eigenvalue weighted by atomic mass is 9.83. The number of halogens is 1. The second-order valence-electron chi connectivity index (χ2n) is 10.1. The van der Waals surface area contributed by atoms with Crippen LogP contribution in [0.5, 0.6) is 0 Å². The smallest absolute Gasteiger partial charge is 0.291 e. The maximum Gasteiger partial charge on any atom is 0.291 e. The summed E-state index contributed by atoms with van der Waals surface area (Å²) in [5, 5.41) is 0.595. The zero-order valence-electron chi connectivity index (χ0n) is 21.3. The largest absolute Gasteiger partial charge is 0.450 e. The summed E-state index contributed by atoms with van der Waals surface area (Å²) in [6, 6.07) is 31.5. The van der Waals surface area contributed by atoms with Crippen molar-refractivity contribution >= 4 is 40.1 Å². The molecule has 1 unspecified atom stereocenters. The number of hydrogen-bond donors (Lipinski definition) is 0. The van der Waals surface area contributed by atoms with Gasteiger partial charge in [0.05, 0.1) is 23.2 Å². The van der Waals surface area contributed by atoms with Crippen LogP contribution in [-0.2, 0) is 23.3 Å². The molecule has 0 bridgehead atoms. The third-order valence-corrected chi connectivity index (χ3v) is 8.08. The predicted molar refractivity (Wildman–Crippen MR) is 154 cm³/mol. The van der Waals surface area contributed by atoms with Crippen molar-refractivity contribution in [3.8, 4) is 0 Å². The molecular weight excluding hydrogens is 524 g/mol. The van der Waals surface area contributed by atoms with Crippen LogP contribution in [0.25, 0.3) is 11.0 Å². The van der Waals surface area contributed by atoms with Gasteiger partial charge in [0.2, 0.25) is 5.76 Å². The molecule has 1 aromatic heterocycles. The minimum atomic E-state index is -1.66. The Bertz CT molecular complexity index is 1870. The predicted octanol–water partition coefficient (Wildman–Crippen LogP) is 5.94. The number of para-hydroxylation sites is 1. The molecule has 196 valence electrons. The number of carbonyl (C=O) groups excluding carboxylic acids is 2. The molecule has 6 nitrogen and oxygen atoms in total. The van der Waals surface area contributed by atoms with Crippen LogP contribution < -0.4 is 10.3 Å². The average molecular weight is 547 g/mol. The van der Waals surface area contributed by atoms with Crippen LogP contribution in [0.3, 0.4) is 0 Å². The number of anilines is 1. The summed E-state index contributed by atoms with van der Waals surface area (Å²) in [6.07, 6.45) is 0.496. The Morgan fingerprint density at radius 3 is 2.20 bits per heavy atom. The summed E-state index contributed by atoms with van der Waals surface area (Å²) in [5.74, 6) is -0.936. The van der Waals surface area contributed by atoms with Crippen LogP contribution in [0.2, 0.25) is 5.02 Å². The summed E-state index contributed by atoms with van der Waals surface area (Å²) in [4.78, 5) is 46.4. The second-order valence-corrected chi connectivity index (χ2v) is 10.5. The maximum atomic E-state index is 14.8. The van der Waals surface area contributed by atoms with Gasteiger partial charge in [-0.1, -0.05) is 90.5 Å². The van der Waals surface area contributed by atoms with Gasteiger partial charge in [0.1, 0.15) is 5.58 Å². The van der Waals surface area contributed by atoms with Gasteiger partial charge in [0.15, 0.2) is 11.0 Å². The van der Waals surface area contributed by atoms with Crippen molar-refractivity contribution in [2.24, 2.45) is 0 Å². The monoisotopic (exact) mass is 546 g/mol. The molecule has 7 heteroatoms. The standard InChI is InChI=1S/C33H23ClN2O4/c34-23-15-16-27-24(19-23)29(37)28-30(40-27)31(38)36(18-17-21-9-3-1-4-10-21)33(28)25-13-7-8-14-26(25)35(32(33)39)20-22-11-5-2-6-12-22/h1-16,19H,17-18,20H2. The molecule has 2 aliphatic rings. The van der Waals surface area contributed by atoms with Gasteiger partial charge < -0.3 is 14.2 Å². The van der Waals surface area contributed by atoms with E-state index >= 15 is 0 Å². The van der Waals surface area contributed by atoms with Crippen LogP contribution in [0, 0.1) is 0 Å². The summed E-state index contributed by atoms with van der Waals surface area (Å²) in [5.41, 5.74) is 1.40. The van der Waals surface area contributed by atoms with E-state index in [1.807, 2.05) is 84.9 Å². The normalized spacial score (nSPS) is 17.6. The third-order valence-electron chi connectivity index (χ3n) is 7.85. The number of benzene rings is 4. The van der Waals surface area contributed by atoms with E-state index in [1.165, 1.54) is 11.0 Å². The van der Waals surface area contributed by atoms with Crippen molar-refractivity contribution < 1.29 is 14.0 Å². The lowest BCUT2D eigenvalue weighted by molar-refractivity contribution is -0.126. The minimum absolute atomic E-state index is 0.0494. The van der Waals surface area contributed by atoms with Crippen molar-refractivity contribution in [1.29, 1.82) is 0 Å². The zero-order chi connectivity index (χ0) is 27.4. The highest BCUT2D eigenvalue weighted by Gasteiger charge is 2.64. The first-order chi connectivity index (χ1) is 19.5. The first-order valence-corrected chi connectivity index (χ1v) is 13.5. The molecule has 0 aliphatic carbocycles. The molecule has 7 rings (SSSR count). The second kappa shape index (κ2) is 9.21. The highest BCUT2D eigenvalue weighted by molar-refractivity contribution is 6.31. The number of rotatable bonds is 5. The Labute approximate surface area is 235 Å². The molecule has 1 atom stereocenters. The summed E-state index contributed by atoms with van der Waals surface area (Å²) in [6.45, 7) is 0.502. The van der Waals surface area contributed by atoms with Gasteiger partial charge in [0.25, 0.3) is 11.8 Å². The number of carbonyl (C=O) groups is 2. The topological polar surface area (TPSA) is 70.8 Å². The van der Waals surface area contributed by atoms with Gasteiger partial charge in [-0.3, -0.25) is 14.4 Å². The average Bonchev–Trinajstić information content (AvgIpc) is 3.37. The summed E-state index contributed by atoms with van der Waals surface area (Å²) < 4.78 is 6.12. The molecule has 2 aliphatic heterocycles. The molecule has 0 N–H and O–H groups in total. The molecule has 40 heavy (non-hydrogen) atoms. The van der Waals surface area contributed by atoms with E-state index < -0.39 is 16.9 Å². The molecule has 5 aromatic rings.